The molecule has 0 atom stereocenters. The first kappa shape index (κ1) is 15.2. The first-order valence-electron chi connectivity index (χ1n) is 7.55. The average molecular weight is 339 g/mol. The zero-order valence-electron chi connectivity index (χ0n) is 13.5. The molecule has 0 amide bonds. The van der Waals surface area contributed by atoms with E-state index in [-0.39, 0.29) is 11.6 Å². The third-order valence-electron chi connectivity index (χ3n) is 4.03. The van der Waals surface area contributed by atoms with Gasteiger partial charge in [-0.25, -0.2) is 4.39 Å². The molecule has 2 N–H and O–H groups in total. The van der Waals surface area contributed by atoms with Crippen molar-refractivity contribution in [1.29, 1.82) is 0 Å². The quantitative estimate of drug-likeness (QED) is 0.588. The van der Waals surface area contributed by atoms with Gasteiger partial charge in [0.05, 0.1) is 7.11 Å². The number of benzene rings is 2. The number of furan rings is 1. The first-order chi connectivity index (χ1) is 12.1. The maximum Gasteiger partial charge on any atom is 0.161 e. The molecule has 0 bridgehead atoms. The smallest absolute Gasteiger partial charge is 0.161 e. The Labute approximate surface area is 141 Å². The minimum atomic E-state index is -0.288. The van der Waals surface area contributed by atoms with Crippen LogP contribution in [0, 0.1) is 12.7 Å². The Bertz CT molecular complexity index is 1050. The summed E-state index contributed by atoms with van der Waals surface area (Å²) in [6.07, 6.45) is 0. The van der Waals surface area contributed by atoms with Gasteiger partial charge in [-0.3, -0.25) is 0 Å². The van der Waals surface area contributed by atoms with Crippen molar-refractivity contribution in [2.45, 2.75) is 6.92 Å². The number of fused-ring (bicyclic) bond motifs is 1. The van der Waals surface area contributed by atoms with E-state index in [1.165, 1.54) is 19.2 Å². The van der Waals surface area contributed by atoms with E-state index < -0.39 is 0 Å². The van der Waals surface area contributed by atoms with Crippen LogP contribution >= 0.6 is 0 Å². The fourth-order valence-electron chi connectivity index (χ4n) is 2.71. The van der Waals surface area contributed by atoms with E-state index >= 15 is 0 Å². The molecule has 126 valence electrons. The molecule has 0 saturated heterocycles. The second kappa shape index (κ2) is 5.62. The average Bonchev–Trinajstić information content (AvgIpc) is 3.22. The number of halogens is 1. The largest absolute Gasteiger partial charge is 0.504 e. The molecule has 25 heavy (non-hydrogen) atoms. The number of phenolic OH excluding ortho intramolecular Hbond substituents is 1. The molecule has 4 aromatic rings. The lowest BCUT2D eigenvalue weighted by molar-refractivity contribution is 0.373. The number of ether oxygens (including phenoxy) is 1. The molecule has 6 nitrogen and oxygen atoms in total. The normalized spacial score (nSPS) is 11.2. The highest BCUT2D eigenvalue weighted by Crippen LogP contribution is 2.36. The Kier molecular flexibility index (Phi) is 3.42. The van der Waals surface area contributed by atoms with Gasteiger partial charge >= 0.3 is 0 Å². The predicted molar refractivity (Wildman–Crippen MR) is 89.9 cm³/mol. The lowest BCUT2D eigenvalue weighted by Gasteiger charge is -2.05. The Morgan fingerprint density at radius 1 is 1.12 bits per heavy atom. The molecule has 0 spiro atoms. The highest BCUT2D eigenvalue weighted by Gasteiger charge is 2.18. The highest BCUT2D eigenvalue weighted by molar-refractivity contribution is 5.86. The van der Waals surface area contributed by atoms with Crippen LogP contribution in [0.15, 0.2) is 40.8 Å². The van der Waals surface area contributed by atoms with Gasteiger partial charge < -0.3 is 14.3 Å². The topological polar surface area (TPSA) is 84.2 Å². The number of aryl methyl sites for hydroxylation is 1. The van der Waals surface area contributed by atoms with E-state index in [0.29, 0.717) is 45.0 Å². The van der Waals surface area contributed by atoms with Gasteiger partial charge in [-0.05, 0) is 48.9 Å². The zero-order chi connectivity index (χ0) is 17.6. The summed E-state index contributed by atoms with van der Waals surface area (Å²) < 4.78 is 24.7. The third kappa shape index (κ3) is 2.50. The molecule has 0 aliphatic carbocycles. The number of aromatic nitrogens is 3. The third-order valence-corrected chi connectivity index (χ3v) is 4.03. The first-order valence-corrected chi connectivity index (χ1v) is 7.55. The van der Waals surface area contributed by atoms with Crippen LogP contribution in [0.4, 0.5) is 4.39 Å². The van der Waals surface area contributed by atoms with Gasteiger partial charge in [-0.1, -0.05) is 0 Å². The molecule has 0 aliphatic rings. The van der Waals surface area contributed by atoms with Gasteiger partial charge in [0.2, 0.25) is 0 Å². The molecular formula is C18H14FN3O3. The molecule has 7 heteroatoms. The molecule has 0 radical (unpaired) electrons. The number of methoxy groups -OCH3 is 1. The summed E-state index contributed by atoms with van der Waals surface area (Å²) in [5, 5.41) is 21.3. The molecule has 0 saturated carbocycles. The lowest BCUT2D eigenvalue weighted by atomic mass is 10.1. The molecule has 0 fully saturated rings. The number of aromatic amines is 1. The summed E-state index contributed by atoms with van der Waals surface area (Å²) in [5.41, 5.74) is 2.81. The minimum absolute atomic E-state index is 0.0333. The van der Waals surface area contributed by atoms with Gasteiger partial charge in [-0.2, -0.15) is 15.4 Å². The van der Waals surface area contributed by atoms with Gasteiger partial charge in [0.25, 0.3) is 0 Å². The van der Waals surface area contributed by atoms with Crippen molar-refractivity contribution < 1.29 is 18.7 Å². The second-order valence-corrected chi connectivity index (χ2v) is 5.66. The Balaban J connectivity index is 1.85. The number of H-pyrrole nitrogens is 1. The molecule has 2 heterocycles. The van der Waals surface area contributed by atoms with Crippen LogP contribution in [0.5, 0.6) is 11.5 Å². The summed E-state index contributed by atoms with van der Waals surface area (Å²) in [4.78, 5) is 0. The van der Waals surface area contributed by atoms with Gasteiger partial charge in [-0.15, -0.1) is 0 Å². The van der Waals surface area contributed by atoms with Crippen LogP contribution in [-0.2, 0) is 0 Å². The lowest BCUT2D eigenvalue weighted by Crippen LogP contribution is -1.87. The number of aromatic hydroxyl groups is 1. The van der Waals surface area contributed by atoms with Crippen LogP contribution in [0.25, 0.3) is 33.7 Å². The Morgan fingerprint density at radius 3 is 2.72 bits per heavy atom. The van der Waals surface area contributed by atoms with Crippen molar-refractivity contribution >= 4 is 11.0 Å². The van der Waals surface area contributed by atoms with Gasteiger partial charge in [0.15, 0.2) is 23.0 Å². The number of phenols is 1. The number of rotatable bonds is 3. The van der Waals surface area contributed by atoms with Crippen molar-refractivity contribution in [2.75, 3.05) is 7.11 Å². The van der Waals surface area contributed by atoms with E-state index in [2.05, 4.69) is 15.4 Å². The predicted octanol–water partition coefficient (Wildman–Crippen LogP) is 4.05. The summed E-state index contributed by atoms with van der Waals surface area (Å²) in [6.45, 7) is 1.68. The van der Waals surface area contributed by atoms with Crippen molar-refractivity contribution in [3.05, 3.63) is 47.8 Å². The Hall–Kier alpha value is -3.35. The maximum absolute atomic E-state index is 13.8. The molecule has 2 aromatic carbocycles. The van der Waals surface area contributed by atoms with Crippen molar-refractivity contribution in [2.24, 2.45) is 0 Å². The maximum atomic E-state index is 13.8. The van der Waals surface area contributed by atoms with Crippen LogP contribution in [0.3, 0.4) is 0 Å². The summed E-state index contributed by atoms with van der Waals surface area (Å²) >= 11 is 0. The summed E-state index contributed by atoms with van der Waals surface area (Å²) in [5.74, 6) is 0.541. The number of nitrogens with zero attached hydrogens (tertiary/aromatic N) is 2. The van der Waals surface area contributed by atoms with Crippen LogP contribution in [0.1, 0.15) is 5.56 Å². The zero-order valence-corrected chi connectivity index (χ0v) is 13.5. The fourth-order valence-corrected chi connectivity index (χ4v) is 2.71. The minimum Gasteiger partial charge on any atom is -0.504 e. The van der Waals surface area contributed by atoms with Gasteiger partial charge in [0.1, 0.15) is 17.1 Å². The van der Waals surface area contributed by atoms with E-state index in [1.54, 1.807) is 31.2 Å². The molecular weight excluding hydrogens is 325 g/mol. The van der Waals surface area contributed by atoms with Crippen molar-refractivity contribution in [3.8, 4) is 34.2 Å². The highest BCUT2D eigenvalue weighted by atomic mass is 19.1. The summed E-state index contributed by atoms with van der Waals surface area (Å²) in [7, 11) is 1.47. The monoisotopic (exact) mass is 339 g/mol. The number of hydrogen-bond donors (Lipinski definition) is 2. The molecule has 0 aliphatic heterocycles. The second-order valence-electron chi connectivity index (χ2n) is 5.66. The van der Waals surface area contributed by atoms with Crippen LogP contribution in [0.2, 0.25) is 0 Å². The van der Waals surface area contributed by atoms with E-state index in [1.807, 2.05) is 0 Å². The number of nitrogens with one attached hydrogen (secondary N) is 1. The van der Waals surface area contributed by atoms with Crippen molar-refractivity contribution in [3.63, 3.8) is 0 Å². The molecule has 0 unspecified atom stereocenters. The standard InChI is InChI=1S/C18H14FN3O3/c1-9-5-14-11(6-12(9)19)8-16(25-14)18-17(20-22-21-18)10-3-4-13(23)15(7-10)24-2/h3-8,23H,1-2H3,(H,20,21,22). The fraction of sp³-hybridized carbons (Fsp3) is 0.111. The SMILES string of the molecule is COc1cc(-c2n[nH]nc2-c2cc3cc(F)c(C)cc3o2)ccc1O. The Morgan fingerprint density at radius 2 is 1.92 bits per heavy atom. The number of hydrogen-bond acceptors (Lipinski definition) is 5. The van der Waals surface area contributed by atoms with E-state index in [9.17, 15) is 9.50 Å². The molecule has 4 rings (SSSR count). The van der Waals surface area contributed by atoms with Crippen LogP contribution in [-0.4, -0.2) is 27.6 Å². The van der Waals surface area contributed by atoms with E-state index in [4.69, 9.17) is 9.15 Å². The summed E-state index contributed by atoms with van der Waals surface area (Å²) in [6, 6.07) is 9.67. The van der Waals surface area contributed by atoms with Crippen LogP contribution < -0.4 is 4.74 Å². The van der Waals surface area contributed by atoms with E-state index in [0.717, 1.165) is 0 Å². The van der Waals surface area contributed by atoms with Crippen molar-refractivity contribution in [1.82, 2.24) is 15.4 Å². The molecule has 2 aromatic heterocycles. The van der Waals surface area contributed by atoms with Gasteiger partial charge in [0, 0.05) is 10.9 Å².